The number of hydrogen-bond acceptors (Lipinski definition) is 0. The van der Waals surface area contributed by atoms with Gasteiger partial charge in [-0.2, -0.15) is 0 Å². The number of rotatable bonds is 0. The van der Waals surface area contributed by atoms with Gasteiger partial charge in [0.2, 0.25) is 0 Å². The van der Waals surface area contributed by atoms with Gasteiger partial charge >= 0.3 is 42.1 Å². The molecule has 0 heterocycles. The van der Waals surface area contributed by atoms with Gasteiger partial charge in [-0.15, -0.1) is 0 Å². The molecule has 1 rings (SSSR count). The van der Waals surface area contributed by atoms with E-state index in [0.29, 0.717) is 0 Å². The molecular formula is C7H7Br3Sn. The van der Waals surface area contributed by atoms with Crippen LogP contribution in [0, 0.1) is 6.92 Å². The fourth-order valence-corrected chi connectivity index (χ4v) is 0.836. The van der Waals surface area contributed by atoms with Crippen molar-refractivity contribution in [1.82, 2.24) is 0 Å². The van der Waals surface area contributed by atoms with Gasteiger partial charge in [-0.1, -0.05) is 34.1 Å². The van der Waals surface area contributed by atoms with Crippen molar-refractivity contribution in [3.8, 4) is 0 Å². The second kappa shape index (κ2) is 8.08. The molecule has 4 heteroatoms. The molecule has 0 atom stereocenters. The van der Waals surface area contributed by atoms with E-state index in [1.807, 2.05) is 18.2 Å². The maximum atomic E-state index is 3.40. The minimum atomic E-state index is -0.145. The summed E-state index contributed by atoms with van der Waals surface area (Å²) < 4.78 is 1.18. The minimum absolute atomic E-state index is 0.145. The summed E-state index contributed by atoms with van der Waals surface area (Å²) in [6, 6.07) is 8.15. The molecule has 0 unspecified atom stereocenters. The van der Waals surface area contributed by atoms with Crippen LogP contribution in [0.1, 0.15) is 5.56 Å². The third kappa shape index (κ3) is 6.60. The van der Waals surface area contributed by atoms with E-state index in [-0.39, 0.29) is 16.7 Å². The van der Waals surface area contributed by atoms with Crippen molar-refractivity contribution >= 4 is 58.0 Å². The third-order valence-corrected chi connectivity index (χ3v) is 1.97. The van der Waals surface area contributed by atoms with Gasteiger partial charge in [-0.3, -0.25) is 0 Å². The zero-order chi connectivity index (χ0) is 8.69. The average molecular weight is 450 g/mol. The standard InChI is InChI=1S/C7H7Br.2BrH.Sn/c1-6-4-2-3-5-7(6)8;;;/h2-5H,1H3;2*1H;/q;;;+2/p-2. The van der Waals surface area contributed by atoms with Crippen LogP contribution in [-0.4, -0.2) is 16.7 Å². The molecule has 0 aliphatic carbocycles. The van der Waals surface area contributed by atoms with Crippen LogP contribution in [-0.2, 0) is 0 Å². The van der Waals surface area contributed by atoms with Gasteiger partial charge in [0.1, 0.15) is 0 Å². The Morgan fingerprint density at radius 2 is 1.64 bits per heavy atom. The Morgan fingerprint density at radius 3 is 1.91 bits per heavy atom. The fraction of sp³-hybridized carbons (Fsp3) is 0.143. The number of hydrogen-bond donors (Lipinski definition) is 0. The van der Waals surface area contributed by atoms with E-state index in [1.54, 1.807) is 0 Å². The van der Waals surface area contributed by atoms with Crippen molar-refractivity contribution in [3.63, 3.8) is 0 Å². The quantitative estimate of drug-likeness (QED) is 0.524. The van der Waals surface area contributed by atoms with Crippen molar-refractivity contribution in [2.45, 2.75) is 6.92 Å². The summed E-state index contributed by atoms with van der Waals surface area (Å²) >= 11 is 9.72. The Bertz CT molecular complexity index is 182. The second-order valence-electron chi connectivity index (χ2n) is 1.82. The molecule has 60 valence electrons. The van der Waals surface area contributed by atoms with Gasteiger partial charge in [0.25, 0.3) is 0 Å². The van der Waals surface area contributed by atoms with Gasteiger partial charge in [-0.05, 0) is 18.6 Å². The van der Waals surface area contributed by atoms with Crippen LogP contribution < -0.4 is 0 Å². The van der Waals surface area contributed by atoms with Crippen LogP contribution in [0.25, 0.3) is 0 Å². The molecule has 0 aliphatic rings. The Hall–Kier alpha value is 1.46. The first kappa shape index (κ1) is 12.5. The summed E-state index contributed by atoms with van der Waals surface area (Å²) in [6.07, 6.45) is 0. The zero-order valence-corrected chi connectivity index (χ0v) is 13.6. The Kier molecular flexibility index (Phi) is 9.15. The van der Waals surface area contributed by atoms with Crippen LogP contribution in [0.3, 0.4) is 0 Å². The topological polar surface area (TPSA) is 0 Å². The van der Waals surface area contributed by atoms with Crippen molar-refractivity contribution in [2.75, 3.05) is 0 Å². The second-order valence-corrected chi connectivity index (χ2v) is 15.5. The molecule has 11 heavy (non-hydrogen) atoms. The molecule has 0 N–H and O–H groups in total. The monoisotopic (exact) mass is 448 g/mol. The van der Waals surface area contributed by atoms with Crippen molar-refractivity contribution in [3.05, 3.63) is 34.3 Å². The van der Waals surface area contributed by atoms with Crippen molar-refractivity contribution in [2.24, 2.45) is 0 Å². The average Bonchev–Trinajstić information content (AvgIpc) is 1.97. The predicted octanol–water partition coefficient (Wildman–Crippen LogP) is 4.07. The summed E-state index contributed by atoms with van der Waals surface area (Å²) in [5.74, 6) is 0. The summed E-state index contributed by atoms with van der Waals surface area (Å²) in [7, 11) is 0. The summed E-state index contributed by atoms with van der Waals surface area (Å²) in [5, 5.41) is 0. The van der Waals surface area contributed by atoms with E-state index in [0.717, 1.165) is 0 Å². The van der Waals surface area contributed by atoms with E-state index in [2.05, 4.69) is 54.3 Å². The number of halogens is 3. The summed E-state index contributed by atoms with van der Waals surface area (Å²) in [5.41, 5.74) is 1.28. The molecule has 0 saturated carbocycles. The zero-order valence-electron chi connectivity index (χ0n) is 5.94. The molecule has 0 spiro atoms. The molecular weight excluding hydrogens is 442 g/mol. The Balaban J connectivity index is 0.000000292. The van der Waals surface area contributed by atoms with Crippen molar-refractivity contribution in [1.29, 1.82) is 0 Å². The molecule has 0 fully saturated rings. The summed E-state index contributed by atoms with van der Waals surface area (Å²) in [6.45, 7) is 2.07. The molecule has 1 aromatic carbocycles. The Labute approximate surface area is 98.0 Å². The Morgan fingerprint density at radius 1 is 1.18 bits per heavy atom. The first-order valence-corrected chi connectivity index (χ1v) is 16.5. The SMILES string of the molecule is Cc1ccccc1Br.[Br][Sn][Br]. The maximum absolute atomic E-state index is 3.40. The van der Waals surface area contributed by atoms with Crippen LogP contribution >= 0.6 is 41.3 Å². The number of benzene rings is 1. The molecule has 2 radical (unpaired) electrons. The molecule has 0 saturated heterocycles. The van der Waals surface area contributed by atoms with Gasteiger partial charge in [0, 0.05) is 4.47 Å². The van der Waals surface area contributed by atoms with E-state index in [1.165, 1.54) is 10.0 Å². The van der Waals surface area contributed by atoms with Crippen LogP contribution in [0.15, 0.2) is 28.7 Å². The van der Waals surface area contributed by atoms with Gasteiger partial charge in [-0.25, -0.2) is 0 Å². The number of aryl methyl sites for hydroxylation is 1. The fourth-order valence-electron chi connectivity index (χ4n) is 0.551. The van der Waals surface area contributed by atoms with E-state index < -0.39 is 0 Å². The van der Waals surface area contributed by atoms with Gasteiger partial charge in [0.15, 0.2) is 0 Å². The first-order chi connectivity index (χ1) is 5.22. The first-order valence-electron chi connectivity index (χ1n) is 2.89. The van der Waals surface area contributed by atoms with E-state index in [9.17, 15) is 0 Å². The molecule has 0 amide bonds. The normalized spacial score (nSPS) is 8.36. The molecule has 1 aromatic rings. The van der Waals surface area contributed by atoms with Crippen LogP contribution in [0.5, 0.6) is 0 Å². The molecule has 0 aliphatic heterocycles. The third-order valence-electron chi connectivity index (χ3n) is 1.08. The van der Waals surface area contributed by atoms with Crippen molar-refractivity contribution < 1.29 is 0 Å². The molecule has 0 bridgehead atoms. The summed E-state index contributed by atoms with van der Waals surface area (Å²) in [4.78, 5) is 0. The van der Waals surface area contributed by atoms with Gasteiger partial charge < -0.3 is 0 Å². The van der Waals surface area contributed by atoms with Crippen LogP contribution in [0.4, 0.5) is 0 Å². The molecule has 0 nitrogen and oxygen atoms in total. The van der Waals surface area contributed by atoms with Crippen LogP contribution in [0.2, 0.25) is 0 Å². The molecule has 0 aromatic heterocycles. The van der Waals surface area contributed by atoms with Gasteiger partial charge in [0.05, 0.1) is 0 Å². The van der Waals surface area contributed by atoms with E-state index >= 15 is 0 Å². The van der Waals surface area contributed by atoms with E-state index in [4.69, 9.17) is 0 Å². The predicted molar refractivity (Wildman–Crippen MR) is 62.5 cm³/mol.